The van der Waals surface area contributed by atoms with Gasteiger partial charge in [0.2, 0.25) is 0 Å². The predicted octanol–water partition coefficient (Wildman–Crippen LogP) is 4.22. The zero-order chi connectivity index (χ0) is 17.5. The third-order valence-electron chi connectivity index (χ3n) is 3.77. The maximum Gasteiger partial charge on any atom is 0.193 e. The van der Waals surface area contributed by atoms with E-state index in [2.05, 4.69) is 34.3 Å². The van der Waals surface area contributed by atoms with Crippen LogP contribution in [0.15, 0.2) is 53.5 Å². The lowest BCUT2D eigenvalue weighted by molar-refractivity contribution is 0.415. The molecule has 0 bridgehead atoms. The van der Waals surface area contributed by atoms with Crippen LogP contribution in [0, 0.1) is 0 Å². The number of nitrogens with two attached hydrogens (primary N) is 1. The van der Waals surface area contributed by atoms with E-state index in [0.29, 0.717) is 23.3 Å². The fraction of sp³-hybridized carbons (Fsp3) is 0.278. The first-order chi connectivity index (χ1) is 11.5. The lowest BCUT2D eigenvalue weighted by atomic mass is 10.2. The highest BCUT2D eigenvalue weighted by atomic mass is 127. The number of benzene rings is 2. The molecule has 2 aromatic carbocycles. The molecule has 0 saturated heterocycles. The number of hydrogen-bond donors (Lipinski definition) is 2. The molecule has 5 nitrogen and oxygen atoms in total. The van der Waals surface area contributed by atoms with E-state index in [0.717, 1.165) is 11.4 Å². The number of hydrogen-bond acceptors (Lipinski definition) is 3. The molecule has 0 aliphatic carbocycles. The second-order valence-corrected chi connectivity index (χ2v) is 5.90. The quantitative estimate of drug-likeness (QED) is 0.374. The van der Waals surface area contributed by atoms with Crippen molar-refractivity contribution in [1.82, 2.24) is 0 Å². The van der Waals surface area contributed by atoms with Crippen LogP contribution >= 0.6 is 35.6 Å². The molecular formula is C18H24ClIN4O. The van der Waals surface area contributed by atoms with Gasteiger partial charge in [-0.1, -0.05) is 29.8 Å². The van der Waals surface area contributed by atoms with Crippen molar-refractivity contribution in [1.29, 1.82) is 0 Å². The molecular weight excluding hydrogens is 451 g/mol. The third kappa shape index (κ3) is 6.28. The minimum atomic E-state index is 0. The summed E-state index contributed by atoms with van der Waals surface area (Å²) in [6.07, 6.45) is 0. The fourth-order valence-corrected chi connectivity index (χ4v) is 2.46. The Hall–Kier alpha value is -1.67. The highest BCUT2D eigenvalue weighted by molar-refractivity contribution is 14.0. The Kier molecular flexibility index (Phi) is 8.85. The van der Waals surface area contributed by atoms with Gasteiger partial charge in [0, 0.05) is 24.5 Å². The molecule has 0 aromatic heterocycles. The summed E-state index contributed by atoms with van der Waals surface area (Å²) in [7, 11) is 3.62. The number of nitrogens with one attached hydrogen (secondary N) is 1. The summed E-state index contributed by atoms with van der Waals surface area (Å²) < 4.78 is 5.13. The average Bonchev–Trinajstić information content (AvgIpc) is 2.60. The van der Waals surface area contributed by atoms with Crippen LogP contribution in [-0.2, 0) is 0 Å². The molecule has 0 saturated carbocycles. The van der Waals surface area contributed by atoms with Crippen molar-refractivity contribution in [3.8, 4) is 5.75 Å². The van der Waals surface area contributed by atoms with E-state index in [1.165, 1.54) is 0 Å². The Morgan fingerprint density at radius 2 is 1.96 bits per heavy atom. The molecule has 25 heavy (non-hydrogen) atoms. The van der Waals surface area contributed by atoms with Crippen LogP contribution in [0.2, 0.25) is 5.02 Å². The molecule has 3 N–H and O–H groups in total. The van der Waals surface area contributed by atoms with Gasteiger partial charge in [0.05, 0.1) is 18.7 Å². The van der Waals surface area contributed by atoms with Crippen molar-refractivity contribution >= 4 is 52.9 Å². The van der Waals surface area contributed by atoms with Crippen molar-refractivity contribution in [2.75, 3.05) is 30.9 Å². The molecule has 2 aromatic rings. The second-order valence-electron chi connectivity index (χ2n) is 5.50. The van der Waals surface area contributed by atoms with Gasteiger partial charge >= 0.3 is 0 Å². The second kappa shape index (κ2) is 10.4. The van der Waals surface area contributed by atoms with Gasteiger partial charge in [-0.15, -0.1) is 24.0 Å². The maximum absolute atomic E-state index is 6.10. The van der Waals surface area contributed by atoms with Crippen LogP contribution < -0.4 is 20.7 Å². The van der Waals surface area contributed by atoms with Crippen LogP contribution in [-0.4, -0.2) is 32.7 Å². The number of nitrogens with zero attached hydrogens (tertiary/aromatic N) is 2. The zero-order valence-electron chi connectivity index (χ0n) is 14.6. The van der Waals surface area contributed by atoms with E-state index in [4.69, 9.17) is 22.1 Å². The number of methoxy groups -OCH3 is 1. The van der Waals surface area contributed by atoms with Crippen molar-refractivity contribution in [2.45, 2.75) is 13.0 Å². The van der Waals surface area contributed by atoms with Crippen LogP contribution in [0.4, 0.5) is 11.4 Å². The topological polar surface area (TPSA) is 62.9 Å². The van der Waals surface area contributed by atoms with Gasteiger partial charge in [-0.05, 0) is 37.3 Å². The number of anilines is 2. The Labute approximate surface area is 171 Å². The normalized spacial score (nSPS) is 12.1. The van der Waals surface area contributed by atoms with Gasteiger partial charge in [-0.3, -0.25) is 4.99 Å². The maximum atomic E-state index is 6.10. The minimum absolute atomic E-state index is 0. The number of halogens is 2. The van der Waals surface area contributed by atoms with Crippen molar-refractivity contribution in [2.24, 2.45) is 10.7 Å². The van der Waals surface area contributed by atoms with Gasteiger partial charge in [0.1, 0.15) is 5.75 Å². The summed E-state index contributed by atoms with van der Waals surface area (Å²) in [4.78, 5) is 6.57. The minimum Gasteiger partial charge on any atom is -0.495 e. The summed E-state index contributed by atoms with van der Waals surface area (Å²) in [5, 5.41) is 3.56. The van der Waals surface area contributed by atoms with Gasteiger partial charge in [-0.2, -0.15) is 0 Å². The standard InChI is InChI=1S/C18H23ClN4O.HI/c1-13(23(2)15-7-5-4-6-8-15)12-21-18(20)22-14-9-10-17(24-3)16(19)11-14;/h4-11,13H,12H2,1-3H3,(H3,20,21,22);1H. The SMILES string of the molecule is COc1ccc(NC(N)=NCC(C)N(C)c2ccccc2)cc1Cl.I. The van der Waals surface area contributed by atoms with Crippen LogP contribution in [0.5, 0.6) is 5.75 Å². The summed E-state index contributed by atoms with van der Waals surface area (Å²) in [5.41, 5.74) is 7.88. The zero-order valence-corrected chi connectivity index (χ0v) is 17.7. The van der Waals surface area contributed by atoms with Crippen LogP contribution in [0.3, 0.4) is 0 Å². The Bertz CT molecular complexity index is 697. The van der Waals surface area contributed by atoms with Crippen molar-refractivity contribution in [3.05, 3.63) is 53.6 Å². The molecule has 0 fully saturated rings. The van der Waals surface area contributed by atoms with Crippen LogP contribution in [0.25, 0.3) is 0 Å². The molecule has 0 aliphatic rings. The monoisotopic (exact) mass is 474 g/mol. The molecule has 7 heteroatoms. The molecule has 136 valence electrons. The number of ether oxygens (including phenoxy) is 1. The first kappa shape index (κ1) is 21.4. The first-order valence-electron chi connectivity index (χ1n) is 7.69. The van der Waals surface area contributed by atoms with E-state index in [-0.39, 0.29) is 30.0 Å². The Morgan fingerprint density at radius 1 is 1.28 bits per heavy atom. The van der Waals surface area contributed by atoms with Crippen molar-refractivity contribution in [3.63, 3.8) is 0 Å². The largest absolute Gasteiger partial charge is 0.495 e. The Balaban J connectivity index is 0.00000312. The molecule has 0 radical (unpaired) electrons. The van der Waals surface area contributed by atoms with Crippen molar-refractivity contribution < 1.29 is 4.74 Å². The number of para-hydroxylation sites is 1. The molecule has 0 amide bonds. The lowest BCUT2D eigenvalue weighted by Crippen LogP contribution is -2.33. The van der Waals surface area contributed by atoms with Gasteiger partial charge in [-0.25, -0.2) is 0 Å². The van der Waals surface area contributed by atoms with E-state index in [9.17, 15) is 0 Å². The molecule has 0 aliphatic heterocycles. The van der Waals surface area contributed by atoms with E-state index in [1.807, 2.05) is 31.3 Å². The van der Waals surface area contributed by atoms with E-state index in [1.54, 1.807) is 19.2 Å². The van der Waals surface area contributed by atoms with Crippen LogP contribution in [0.1, 0.15) is 6.92 Å². The highest BCUT2D eigenvalue weighted by Gasteiger charge is 2.09. The van der Waals surface area contributed by atoms with E-state index < -0.39 is 0 Å². The smallest absolute Gasteiger partial charge is 0.193 e. The molecule has 0 spiro atoms. The van der Waals surface area contributed by atoms with Gasteiger partial charge in [0.15, 0.2) is 5.96 Å². The summed E-state index contributed by atoms with van der Waals surface area (Å²) >= 11 is 6.10. The Morgan fingerprint density at radius 3 is 2.56 bits per heavy atom. The molecule has 1 atom stereocenters. The average molecular weight is 475 g/mol. The third-order valence-corrected chi connectivity index (χ3v) is 4.07. The number of aliphatic imine (C=N–C) groups is 1. The first-order valence-corrected chi connectivity index (χ1v) is 8.07. The lowest BCUT2D eigenvalue weighted by Gasteiger charge is -2.25. The predicted molar refractivity (Wildman–Crippen MR) is 118 cm³/mol. The molecule has 2 rings (SSSR count). The summed E-state index contributed by atoms with van der Waals surface area (Å²) in [5.74, 6) is 0.973. The summed E-state index contributed by atoms with van der Waals surface area (Å²) in [6, 6.07) is 15.8. The summed E-state index contributed by atoms with van der Waals surface area (Å²) in [6.45, 7) is 2.68. The van der Waals surface area contributed by atoms with Gasteiger partial charge in [0.25, 0.3) is 0 Å². The van der Waals surface area contributed by atoms with Gasteiger partial charge < -0.3 is 20.7 Å². The highest BCUT2D eigenvalue weighted by Crippen LogP contribution is 2.27. The van der Waals surface area contributed by atoms with E-state index >= 15 is 0 Å². The number of likely N-dealkylation sites (N-methyl/N-ethyl adjacent to an activating group) is 1. The number of guanidine groups is 1. The molecule has 0 heterocycles. The fourth-order valence-electron chi connectivity index (χ4n) is 2.20. The number of rotatable bonds is 6. The molecule has 1 unspecified atom stereocenters.